The van der Waals surface area contributed by atoms with Gasteiger partial charge in [-0.05, 0) is 30.3 Å². The number of phenols is 3. The molecule has 0 aliphatic rings. The highest BCUT2D eigenvalue weighted by atomic mass is 35.5. The van der Waals surface area contributed by atoms with E-state index in [1.165, 1.54) is 24.4 Å². The first-order valence-electron chi connectivity index (χ1n) is 5.11. The minimum absolute atomic E-state index is 0.0182. The molecule has 5 heteroatoms. The van der Waals surface area contributed by atoms with E-state index in [0.29, 0.717) is 10.6 Å². The van der Waals surface area contributed by atoms with Crippen LogP contribution in [0.15, 0.2) is 41.4 Å². The van der Waals surface area contributed by atoms with Crippen LogP contribution >= 0.6 is 11.6 Å². The number of para-hydroxylation sites is 1. The molecule has 2 aromatic carbocycles. The molecule has 0 fully saturated rings. The van der Waals surface area contributed by atoms with Crippen LogP contribution in [0.2, 0.25) is 5.02 Å². The number of phenolic OH excluding ortho intramolecular Hbond substituents is 3. The van der Waals surface area contributed by atoms with Crippen LogP contribution in [-0.2, 0) is 0 Å². The zero-order chi connectivity index (χ0) is 13.1. The number of aliphatic imine (C=N–C) groups is 1. The Bertz CT molecular complexity index is 607. The molecule has 0 unspecified atom stereocenters. The van der Waals surface area contributed by atoms with Gasteiger partial charge in [0.1, 0.15) is 11.4 Å². The number of nitrogens with zero attached hydrogens (tertiary/aromatic N) is 1. The second kappa shape index (κ2) is 4.98. The first kappa shape index (κ1) is 12.3. The van der Waals surface area contributed by atoms with Gasteiger partial charge < -0.3 is 15.3 Å². The largest absolute Gasteiger partial charge is 0.506 e. The molecule has 0 atom stereocenters. The average Bonchev–Trinajstić information content (AvgIpc) is 2.35. The van der Waals surface area contributed by atoms with Gasteiger partial charge in [-0.2, -0.15) is 0 Å². The lowest BCUT2D eigenvalue weighted by atomic mass is 10.2. The number of benzene rings is 2. The Balaban J connectivity index is 2.36. The highest BCUT2D eigenvalue weighted by Gasteiger charge is 2.04. The van der Waals surface area contributed by atoms with E-state index >= 15 is 0 Å². The first-order valence-corrected chi connectivity index (χ1v) is 5.49. The first-order chi connectivity index (χ1) is 8.58. The molecule has 0 amide bonds. The molecule has 18 heavy (non-hydrogen) atoms. The lowest BCUT2D eigenvalue weighted by Gasteiger charge is -2.02. The predicted octanol–water partition coefficient (Wildman–Crippen LogP) is 3.21. The Labute approximate surface area is 108 Å². The van der Waals surface area contributed by atoms with Crippen LogP contribution in [0.25, 0.3) is 0 Å². The molecule has 3 N–H and O–H groups in total. The molecule has 0 bridgehead atoms. The third kappa shape index (κ3) is 2.55. The molecule has 0 aromatic heterocycles. The SMILES string of the molecule is Oc1ccc(Cl)cc1N=Cc1cccc(O)c1O. The lowest BCUT2D eigenvalue weighted by Crippen LogP contribution is -1.82. The third-order valence-corrected chi connectivity index (χ3v) is 2.56. The summed E-state index contributed by atoms with van der Waals surface area (Å²) in [5.41, 5.74) is 0.625. The smallest absolute Gasteiger partial charge is 0.166 e. The predicted molar refractivity (Wildman–Crippen MR) is 70.1 cm³/mol. The Morgan fingerprint density at radius 2 is 1.78 bits per heavy atom. The molecule has 92 valence electrons. The van der Waals surface area contributed by atoms with E-state index < -0.39 is 0 Å². The van der Waals surface area contributed by atoms with Gasteiger partial charge in [0.15, 0.2) is 11.5 Å². The zero-order valence-corrected chi connectivity index (χ0v) is 9.96. The van der Waals surface area contributed by atoms with Gasteiger partial charge in [-0.25, -0.2) is 0 Å². The van der Waals surface area contributed by atoms with Crippen molar-refractivity contribution in [2.24, 2.45) is 4.99 Å². The van der Waals surface area contributed by atoms with Crippen molar-refractivity contribution in [1.29, 1.82) is 0 Å². The number of rotatable bonds is 2. The summed E-state index contributed by atoms with van der Waals surface area (Å²) in [5.74, 6) is -0.507. The molecule has 2 rings (SSSR count). The quantitative estimate of drug-likeness (QED) is 0.575. The van der Waals surface area contributed by atoms with Gasteiger partial charge in [-0.1, -0.05) is 17.7 Å². The fourth-order valence-corrected chi connectivity index (χ4v) is 1.56. The topological polar surface area (TPSA) is 73.1 Å². The Morgan fingerprint density at radius 3 is 2.56 bits per heavy atom. The van der Waals surface area contributed by atoms with Crippen LogP contribution in [0.4, 0.5) is 5.69 Å². The van der Waals surface area contributed by atoms with Crippen molar-refractivity contribution in [3.63, 3.8) is 0 Å². The van der Waals surface area contributed by atoms with Crippen LogP contribution < -0.4 is 0 Å². The van der Waals surface area contributed by atoms with Gasteiger partial charge in [0.25, 0.3) is 0 Å². The molecule has 0 saturated heterocycles. The van der Waals surface area contributed by atoms with Gasteiger partial charge in [0.2, 0.25) is 0 Å². The van der Waals surface area contributed by atoms with Crippen LogP contribution in [0.5, 0.6) is 17.2 Å². The van der Waals surface area contributed by atoms with E-state index in [9.17, 15) is 15.3 Å². The Kier molecular flexibility index (Phi) is 3.39. The van der Waals surface area contributed by atoms with Crippen molar-refractivity contribution in [2.45, 2.75) is 0 Å². The zero-order valence-electron chi connectivity index (χ0n) is 9.21. The molecule has 0 aliphatic heterocycles. The Morgan fingerprint density at radius 1 is 1.00 bits per heavy atom. The lowest BCUT2D eigenvalue weighted by molar-refractivity contribution is 0.403. The van der Waals surface area contributed by atoms with Gasteiger partial charge in [-0.15, -0.1) is 0 Å². The van der Waals surface area contributed by atoms with Crippen molar-refractivity contribution in [2.75, 3.05) is 0 Å². The van der Waals surface area contributed by atoms with Crippen molar-refractivity contribution in [1.82, 2.24) is 0 Å². The number of halogens is 1. The van der Waals surface area contributed by atoms with Crippen molar-refractivity contribution in [3.05, 3.63) is 47.0 Å². The van der Waals surface area contributed by atoms with E-state index in [2.05, 4.69) is 4.99 Å². The van der Waals surface area contributed by atoms with Gasteiger partial charge in [-0.3, -0.25) is 4.99 Å². The highest BCUT2D eigenvalue weighted by molar-refractivity contribution is 6.30. The standard InChI is InChI=1S/C13H10ClNO3/c14-9-4-5-11(16)10(6-9)15-7-8-2-1-3-12(17)13(8)18/h1-7,16-18H. The molecule has 0 saturated carbocycles. The molecule has 0 aliphatic carbocycles. The number of hydrogen-bond acceptors (Lipinski definition) is 4. The maximum absolute atomic E-state index is 9.57. The van der Waals surface area contributed by atoms with Crippen molar-refractivity contribution in [3.8, 4) is 17.2 Å². The van der Waals surface area contributed by atoms with E-state index in [-0.39, 0.29) is 22.9 Å². The third-order valence-electron chi connectivity index (χ3n) is 2.33. The summed E-state index contributed by atoms with van der Waals surface area (Å²) in [6.45, 7) is 0. The summed E-state index contributed by atoms with van der Waals surface area (Å²) in [6, 6.07) is 8.99. The van der Waals surface area contributed by atoms with Gasteiger partial charge in [0, 0.05) is 16.8 Å². The van der Waals surface area contributed by atoms with Crippen LogP contribution in [0.3, 0.4) is 0 Å². The molecule has 4 nitrogen and oxygen atoms in total. The molecule has 0 spiro atoms. The molecular formula is C13H10ClNO3. The molecule has 0 radical (unpaired) electrons. The van der Waals surface area contributed by atoms with Crippen LogP contribution in [0.1, 0.15) is 5.56 Å². The summed E-state index contributed by atoms with van der Waals surface area (Å²) in [7, 11) is 0. The summed E-state index contributed by atoms with van der Waals surface area (Å²) in [6.07, 6.45) is 1.33. The van der Waals surface area contributed by atoms with Crippen LogP contribution in [-0.4, -0.2) is 21.5 Å². The molecular weight excluding hydrogens is 254 g/mol. The normalized spacial score (nSPS) is 10.9. The minimum atomic E-state index is -0.261. The van der Waals surface area contributed by atoms with E-state index in [4.69, 9.17) is 11.6 Å². The maximum atomic E-state index is 9.57. The average molecular weight is 264 g/mol. The number of hydrogen-bond donors (Lipinski definition) is 3. The summed E-state index contributed by atoms with van der Waals surface area (Å²) in [4.78, 5) is 4.01. The highest BCUT2D eigenvalue weighted by Crippen LogP contribution is 2.31. The summed E-state index contributed by atoms with van der Waals surface area (Å²) < 4.78 is 0. The second-order valence-corrected chi connectivity index (χ2v) is 4.04. The fourth-order valence-electron chi connectivity index (χ4n) is 1.39. The van der Waals surface area contributed by atoms with Gasteiger partial charge >= 0.3 is 0 Å². The minimum Gasteiger partial charge on any atom is -0.506 e. The van der Waals surface area contributed by atoms with Crippen molar-refractivity contribution < 1.29 is 15.3 Å². The monoisotopic (exact) mass is 263 g/mol. The summed E-state index contributed by atoms with van der Waals surface area (Å²) in [5, 5.41) is 28.9. The van der Waals surface area contributed by atoms with Crippen LogP contribution in [0, 0.1) is 0 Å². The van der Waals surface area contributed by atoms with E-state index in [0.717, 1.165) is 0 Å². The maximum Gasteiger partial charge on any atom is 0.166 e. The van der Waals surface area contributed by atoms with Gasteiger partial charge in [0.05, 0.1) is 0 Å². The second-order valence-electron chi connectivity index (χ2n) is 3.61. The van der Waals surface area contributed by atoms with Crippen molar-refractivity contribution >= 4 is 23.5 Å². The van der Waals surface area contributed by atoms with E-state index in [1.807, 2.05) is 0 Å². The van der Waals surface area contributed by atoms with E-state index in [1.54, 1.807) is 18.2 Å². The fraction of sp³-hybridized carbons (Fsp3) is 0. The number of aromatic hydroxyl groups is 3. The molecule has 0 heterocycles. The Hall–Kier alpha value is -2.20. The molecule has 2 aromatic rings. The summed E-state index contributed by atoms with van der Waals surface area (Å²) >= 11 is 5.78.